The highest BCUT2D eigenvalue weighted by Crippen LogP contribution is 2.19. The molecule has 0 aliphatic heterocycles. The molecule has 0 radical (unpaired) electrons. The average Bonchev–Trinajstić information content (AvgIpc) is 2.76. The second kappa shape index (κ2) is 16.5. The first-order chi connectivity index (χ1) is 15.1. The van der Waals surface area contributed by atoms with Crippen molar-refractivity contribution in [3.8, 4) is 0 Å². The Morgan fingerprint density at radius 1 is 1.06 bits per heavy atom. The molecule has 0 aliphatic rings. The van der Waals surface area contributed by atoms with Crippen LogP contribution in [0.5, 0.6) is 0 Å². The molecule has 0 spiro atoms. The Bertz CT molecular complexity index is 862. The maximum Gasteiger partial charge on any atom is 0.304 e. The molecule has 1 atom stereocenters. The Hall–Kier alpha value is -3.19. The first-order valence-electron chi connectivity index (χ1n) is 10.5. The van der Waals surface area contributed by atoms with E-state index in [1.165, 1.54) is 13.1 Å². The lowest BCUT2D eigenvalue weighted by Gasteiger charge is -2.15. The molecule has 176 valence electrons. The van der Waals surface area contributed by atoms with Gasteiger partial charge >= 0.3 is 5.97 Å². The van der Waals surface area contributed by atoms with Gasteiger partial charge in [-0.3, -0.25) is 14.4 Å². The van der Waals surface area contributed by atoms with Gasteiger partial charge in [0.1, 0.15) is 0 Å². The summed E-state index contributed by atoms with van der Waals surface area (Å²) in [5.74, 6) is -1.71. The topological polar surface area (TPSA) is 116 Å². The van der Waals surface area contributed by atoms with Crippen molar-refractivity contribution in [2.24, 2.45) is 11.8 Å². The number of aliphatic hydroxyl groups excluding tert-OH is 1. The van der Waals surface area contributed by atoms with E-state index in [9.17, 15) is 14.4 Å². The van der Waals surface area contributed by atoms with Crippen LogP contribution in [0.4, 0.5) is 0 Å². The summed E-state index contributed by atoms with van der Waals surface area (Å²) in [4.78, 5) is 34.5. The van der Waals surface area contributed by atoms with Gasteiger partial charge in [0, 0.05) is 7.05 Å². The van der Waals surface area contributed by atoms with Crippen LogP contribution in [-0.2, 0) is 20.8 Å². The van der Waals surface area contributed by atoms with E-state index in [0.717, 1.165) is 22.3 Å². The second-order valence-electron chi connectivity index (χ2n) is 7.77. The van der Waals surface area contributed by atoms with Crippen LogP contribution in [0.1, 0.15) is 32.8 Å². The maximum absolute atomic E-state index is 12.2. The molecule has 0 bridgehead atoms. The fraction of sp³-hybridized carbons (Fsp3) is 0.400. The zero-order valence-electron chi connectivity index (χ0n) is 19.4. The lowest BCUT2D eigenvalue weighted by molar-refractivity contribution is -0.141. The van der Waals surface area contributed by atoms with E-state index in [2.05, 4.69) is 38.0 Å². The summed E-state index contributed by atoms with van der Waals surface area (Å²) in [5.41, 5.74) is 0.884. The van der Waals surface area contributed by atoms with Crippen LogP contribution in [0.3, 0.4) is 0 Å². The monoisotopic (exact) mass is 444 g/mol. The third-order valence-corrected chi connectivity index (χ3v) is 3.92. The van der Waals surface area contributed by atoms with E-state index in [1.54, 1.807) is 0 Å². The van der Waals surface area contributed by atoms with Crippen LogP contribution in [0.2, 0.25) is 0 Å². The van der Waals surface area contributed by atoms with Crippen LogP contribution in [0.25, 0.3) is 10.8 Å². The van der Waals surface area contributed by atoms with Crippen LogP contribution >= 0.6 is 0 Å². The molecule has 7 heteroatoms. The van der Waals surface area contributed by atoms with Crippen molar-refractivity contribution >= 4 is 28.6 Å². The number of carbonyl (C=O) groups is 3. The summed E-state index contributed by atoms with van der Waals surface area (Å²) < 4.78 is 0. The summed E-state index contributed by atoms with van der Waals surface area (Å²) in [7, 11) is 1.47. The number of carboxylic acids is 1. The summed E-state index contributed by atoms with van der Waals surface area (Å²) in [5, 5.41) is 23.8. The number of hydrogen-bond donors (Lipinski definition) is 4. The zero-order chi connectivity index (χ0) is 24.5. The van der Waals surface area contributed by atoms with Gasteiger partial charge in [0.05, 0.1) is 25.5 Å². The maximum atomic E-state index is 12.2. The van der Waals surface area contributed by atoms with Crippen molar-refractivity contribution in [1.29, 1.82) is 0 Å². The molecule has 2 aromatic rings. The van der Waals surface area contributed by atoms with Crippen molar-refractivity contribution in [3.05, 3.63) is 60.7 Å². The zero-order valence-corrected chi connectivity index (χ0v) is 19.4. The SMILES string of the molecule is C=CCO.CC(C)C.CNC(=O)CNC(=O)C(CC(=O)O)Cc1ccc2ccccc2c1. The third kappa shape index (κ3) is 13.2. The highest BCUT2D eigenvalue weighted by Gasteiger charge is 2.22. The number of likely N-dealkylation sites (N-methyl/N-ethyl adjacent to an activating group) is 1. The molecule has 1 unspecified atom stereocenters. The smallest absolute Gasteiger partial charge is 0.304 e. The molecular weight excluding hydrogens is 408 g/mol. The molecule has 0 heterocycles. The van der Waals surface area contributed by atoms with E-state index < -0.39 is 17.8 Å². The predicted molar refractivity (Wildman–Crippen MR) is 128 cm³/mol. The van der Waals surface area contributed by atoms with Gasteiger partial charge in [0.25, 0.3) is 0 Å². The molecule has 4 N–H and O–H groups in total. The molecule has 2 amide bonds. The number of rotatable bonds is 8. The standard InChI is InChI=1S/C18H20N2O4.C4H10.C3H6O/c1-19-16(21)11-20-18(24)15(10-17(22)23)9-12-6-7-13-4-2-3-5-14(13)8-12;1-4(2)3;1-2-3-4/h2-8,15H,9-11H2,1H3,(H,19,21)(H,20,24)(H,22,23);4H,1-3H3;2,4H,1,3H2. The number of nitrogens with one attached hydrogen (secondary N) is 2. The van der Waals surface area contributed by atoms with Gasteiger partial charge in [0.2, 0.25) is 11.8 Å². The van der Waals surface area contributed by atoms with Crippen LogP contribution in [0.15, 0.2) is 55.1 Å². The van der Waals surface area contributed by atoms with Gasteiger partial charge in [-0.2, -0.15) is 0 Å². The van der Waals surface area contributed by atoms with E-state index in [1.807, 2.05) is 42.5 Å². The van der Waals surface area contributed by atoms with Crippen molar-refractivity contribution in [2.75, 3.05) is 20.2 Å². The van der Waals surface area contributed by atoms with Crippen LogP contribution in [0, 0.1) is 11.8 Å². The minimum Gasteiger partial charge on any atom is -0.481 e. The molecule has 0 saturated heterocycles. The summed E-state index contributed by atoms with van der Waals surface area (Å²) in [6, 6.07) is 13.6. The van der Waals surface area contributed by atoms with Crippen molar-refractivity contribution in [1.82, 2.24) is 10.6 Å². The number of carbonyl (C=O) groups excluding carboxylic acids is 2. The number of aliphatic carboxylic acids is 1. The Kier molecular flexibility index (Phi) is 14.9. The third-order valence-electron chi connectivity index (χ3n) is 3.92. The fourth-order valence-corrected chi connectivity index (χ4v) is 2.52. The Balaban J connectivity index is 0.00000104. The van der Waals surface area contributed by atoms with E-state index in [-0.39, 0.29) is 25.5 Å². The number of amides is 2. The van der Waals surface area contributed by atoms with Gasteiger partial charge in [-0.25, -0.2) is 0 Å². The van der Waals surface area contributed by atoms with Gasteiger partial charge < -0.3 is 20.8 Å². The highest BCUT2D eigenvalue weighted by atomic mass is 16.4. The lowest BCUT2D eigenvalue weighted by Crippen LogP contribution is -2.39. The lowest BCUT2D eigenvalue weighted by atomic mass is 9.94. The van der Waals surface area contributed by atoms with E-state index >= 15 is 0 Å². The second-order valence-corrected chi connectivity index (χ2v) is 7.77. The Labute approximate surface area is 190 Å². The molecule has 32 heavy (non-hydrogen) atoms. The minimum atomic E-state index is -1.05. The average molecular weight is 445 g/mol. The normalized spacial score (nSPS) is 10.7. The van der Waals surface area contributed by atoms with Gasteiger partial charge in [0.15, 0.2) is 0 Å². The summed E-state index contributed by atoms with van der Waals surface area (Å²) in [6.07, 6.45) is 1.45. The first-order valence-corrected chi connectivity index (χ1v) is 10.5. The quantitative estimate of drug-likeness (QED) is 0.467. The Morgan fingerprint density at radius 2 is 1.62 bits per heavy atom. The van der Waals surface area contributed by atoms with Crippen molar-refractivity contribution < 1.29 is 24.6 Å². The number of hydrogen-bond acceptors (Lipinski definition) is 4. The summed E-state index contributed by atoms with van der Waals surface area (Å²) >= 11 is 0. The molecular formula is C25H36N2O5. The minimum absolute atomic E-state index is 0.0833. The number of aliphatic hydroxyl groups is 1. The molecule has 0 saturated carbocycles. The predicted octanol–water partition coefficient (Wildman–Crippen LogP) is 3.16. The molecule has 7 nitrogen and oxygen atoms in total. The van der Waals surface area contributed by atoms with Crippen molar-refractivity contribution in [2.45, 2.75) is 33.6 Å². The number of fused-ring (bicyclic) bond motifs is 1. The highest BCUT2D eigenvalue weighted by molar-refractivity contribution is 5.88. The summed E-state index contributed by atoms with van der Waals surface area (Å²) in [6.45, 7) is 9.65. The molecule has 2 aromatic carbocycles. The Morgan fingerprint density at radius 3 is 2.12 bits per heavy atom. The van der Waals surface area contributed by atoms with Crippen molar-refractivity contribution in [3.63, 3.8) is 0 Å². The van der Waals surface area contributed by atoms with Crippen LogP contribution < -0.4 is 10.6 Å². The van der Waals surface area contributed by atoms with Crippen LogP contribution in [-0.4, -0.2) is 48.2 Å². The number of carboxylic acid groups (broad SMARTS) is 1. The molecule has 0 aliphatic carbocycles. The first kappa shape index (κ1) is 28.8. The molecule has 0 aromatic heterocycles. The molecule has 0 fully saturated rings. The number of benzene rings is 2. The largest absolute Gasteiger partial charge is 0.481 e. The fourth-order valence-electron chi connectivity index (χ4n) is 2.52. The van der Waals surface area contributed by atoms with Gasteiger partial charge in [-0.15, -0.1) is 6.58 Å². The van der Waals surface area contributed by atoms with E-state index in [4.69, 9.17) is 10.2 Å². The van der Waals surface area contributed by atoms with E-state index in [0.29, 0.717) is 6.42 Å². The van der Waals surface area contributed by atoms with Gasteiger partial charge in [-0.1, -0.05) is 69.3 Å². The molecule has 2 rings (SSSR count). The van der Waals surface area contributed by atoms with Gasteiger partial charge in [-0.05, 0) is 28.7 Å².